The van der Waals surface area contributed by atoms with E-state index in [-0.39, 0.29) is 5.75 Å². The van der Waals surface area contributed by atoms with E-state index in [0.717, 1.165) is 0 Å². The molecule has 0 fully saturated rings. The molecule has 3 aromatic carbocycles. The molecule has 0 bridgehead atoms. The SMILES string of the molecule is O=S(=O)([O-])CCC[P+](c1ccccc1)(c1ccccc1)c1ccccc1. The molecule has 0 heterocycles. The van der Waals surface area contributed by atoms with Crippen molar-refractivity contribution in [2.24, 2.45) is 0 Å². The molecule has 3 aromatic rings. The number of benzene rings is 3. The first kappa shape index (κ1) is 18.8. The number of hydrogen-bond acceptors (Lipinski definition) is 3. The zero-order valence-corrected chi connectivity index (χ0v) is 16.1. The predicted molar refractivity (Wildman–Crippen MR) is 109 cm³/mol. The summed E-state index contributed by atoms with van der Waals surface area (Å²) >= 11 is 0. The van der Waals surface area contributed by atoms with Crippen LogP contribution in [-0.2, 0) is 10.1 Å². The highest BCUT2D eigenvalue weighted by atomic mass is 32.2. The average Bonchev–Trinajstić information content (AvgIpc) is 2.67. The van der Waals surface area contributed by atoms with Crippen LogP contribution in [0, 0.1) is 0 Å². The Morgan fingerprint density at radius 3 is 1.31 bits per heavy atom. The van der Waals surface area contributed by atoms with Gasteiger partial charge in [0.15, 0.2) is 0 Å². The lowest BCUT2D eigenvalue weighted by Gasteiger charge is -2.27. The second-order valence-corrected chi connectivity index (χ2v) is 11.3. The fourth-order valence-corrected chi connectivity index (χ4v) is 8.42. The summed E-state index contributed by atoms with van der Waals surface area (Å²) in [5.41, 5.74) is 0. The first-order valence-corrected chi connectivity index (χ1v) is 12.1. The van der Waals surface area contributed by atoms with Crippen LogP contribution < -0.4 is 15.9 Å². The molecule has 0 N–H and O–H groups in total. The van der Waals surface area contributed by atoms with E-state index in [1.165, 1.54) is 15.9 Å². The highest BCUT2D eigenvalue weighted by Gasteiger charge is 2.44. The molecule has 0 aliphatic rings. The van der Waals surface area contributed by atoms with Gasteiger partial charge in [0.05, 0.1) is 16.3 Å². The Morgan fingerprint density at radius 2 is 1.00 bits per heavy atom. The van der Waals surface area contributed by atoms with E-state index in [2.05, 4.69) is 36.4 Å². The lowest BCUT2D eigenvalue weighted by molar-refractivity contribution is 0.462. The lowest BCUT2D eigenvalue weighted by Crippen LogP contribution is -2.33. The Balaban J connectivity index is 2.18. The van der Waals surface area contributed by atoms with Gasteiger partial charge in [-0.1, -0.05) is 54.6 Å². The van der Waals surface area contributed by atoms with Crippen molar-refractivity contribution in [2.75, 3.05) is 11.9 Å². The summed E-state index contributed by atoms with van der Waals surface area (Å²) in [4.78, 5) is 0. The molecular formula is C21H21O3PS. The molecule has 0 aliphatic carbocycles. The van der Waals surface area contributed by atoms with E-state index in [9.17, 15) is 13.0 Å². The Labute approximate surface area is 155 Å². The highest BCUT2D eigenvalue weighted by Crippen LogP contribution is 2.55. The molecule has 5 heteroatoms. The normalized spacial score (nSPS) is 12.0. The van der Waals surface area contributed by atoms with Gasteiger partial charge in [-0.2, -0.15) is 0 Å². The van der Waals surface area contributed by atoms with E-state index in [1.54, 1.807) is 0 Å². The van der Waals surface area contributed by atoms with Gasteiger partial charge in [0, 0.05) is 5.75 Å². The van der Waals surface area contributed by atoms with Gasteiger partial charge in [0.1, 0.15) is 23.2 Å². The summed E-state index contributed by atoms with van der Waals surface area (Å²) in [7, 11) is -6.27. The third-order valence-electron chi connectivity index (χ3n) is 4.48. The molecule has 0 spiro atoms. The summed E-state index contributed by atoms with van der Waals surface area (Å²) < 4.78 is 33.6. The van der Waals surface area contributed by atoms with Crippen molar-refractivity contribution in [1.29, 1.82) is 0 Å². The minimum atomic E-state index is -4.23. The first-order valence-electron chi connectivity index (χ1n) is 8.51. The van der Waals surface area contributed by atoms with Crippen LogP contribution in [0.1, 0.15) is 6.42 Å². The molecule has 26 heavy (non-hydrogen) atoms. The van der Waals surface area contributed by atoms with E-state index >= 15 is 0 Å². The van der Waals surface area contributed by atoms with Crippen LogP contribution in [-0.4, -0.2) is 24.9 Å². The van der Waals surface area contributed by atoms with Crippen LogP contribution in [0.4, 0.5) is 0 Å². The van der Waals surface area contributed by atoms with Crippen molar-refractivity contribution in [1.82, 2.24) is 0 Å². The highest BCUT2D eigenvalue weighted by molar-refractivity contribution is 7.95. The molecular weight excluding hydrogens is 363 g/mol. The molecule has 0 saturated carbocycles. The van der Waals surface area contributed by atoms with Crippen LogP contribution >= 0.6 is 7.26 Å². The van der Waals surface area contributed by atoms with Crippen LogP contribution in [0.15, 0.2) is 91.0 Å². The molecule has 0 aliphatic heterocycles. The summed E-state index contributed by atoms with van der Waals surface area (Å²) in [5, 5.41) is 3.59. The second-order valence-electron chi connectivity index (χ2n) is 6.16. The van der Waals surface area contributed by atoms with Crippen molar-refractivity contribution < 1.29 is 13.0 Å². The Hall–Kier alpha value is -2.00. The maximum atomic E-state index is 11.2. The molecule has 3 nitrogen and oxygen atoms in total. The van der Waals surface area contributed by atoms with Gasteiger partial charge in [0.2, 0.25) is 0 Å². The van der Waals surface area contributed by atoms with Gasteiger partial charge >= 0.3 is 0 Å². The quantitative estimate of drug-likeness (QED) is 0.465. The van der Waals surface area contributed by atoms with Crippen molar-refractivity contribution in [3.8, 4) is 0 Å². The predicted octanol–water partition coefficient (Wildman–Crippen LogP) is 2.92. The molecule has 0 atom stereocenters. The van der Waals surface area contributed by atoms with E-state index in [4.69, 9.17) is 0 Å². The second kappa shape index (κ2) is 8.13. The van der Waals surface area contributed by atoms with Crippen molar-refractivity contribution in [3.05, 3.63) is 91.0 Å². The average molecular weight is 384 g/mol. The van der Waals surface area contributed by atoms with Gasteiger partial charge in [-0.15, -0.1) is 0 Å². The summed E-state index contributed by atoms with van der Waals surface area (Å²) in [6, 6.07) is 30.7. The maximum Gasteiger partial charge on any atom is 0.112 e. The molecule has 0 amide bonds. The zero-order chi connectivity index (χ0) is 18.5. The van der Waals surface area contributed by atoms with Gasteiger partial charge in [-0.3, -0.25) is 0 Å². The third kappa shape index (κ3) is 4.21. The summed E-state index contributed by atoms with van der Waals surface area (Å²) in [5.74, 6) is -0.332. The van der Waals surface area contributed by atoms with E-state index in [1.807, 2.05) is 54.6 Å². The topological polar surface area (TPSA) is 57.2 Å². The molecule has 0 unspecified atom stereocenters. The smallest absolute Gasteiger partial charge is 0.112 e. The van der Waals surface area contributed by atoms with E-state index < -0.39 is 17.4 Å². The Morgan fingerprint density at radius 1 is 0.654 bits per heavy atom. The van der Waals surface area contributed by atoms with Crippen LogP contribution in [0.2, 0.25) is 0 Å². The van der Waals surface area contributed by atoms with E-state index in [0.29, 0.717) is 12.6 Å². The van der Waals surface area contributed by atoms with Gasteiger partial charge in [0.25, 0.3) is 0 Å². The zero-order valence-electron chi connectivity index (χ0n) is 14.4. The standard InChI is InChI=1S/C21H21O3PS/c22-26(23,24)18-10-17-25(19-11-4-1-5-12-19,20-13-6-2-7-14-20)21-15-8-3-9-16-21/h1-9,11-16H,10,17-18H2. The largest absolute Gasteiger partial charge is 0.748 e. The Kier molecular flexibility index (Phi) is 5.87. The van der Waals surface area contributed by atoms with Crippen LogP contribution in [0.25, 0.3) is 0 Å². The van der Waals surface area contributed by atoms with Gasteiger partial charge in [-0.05, 0) is 42.8 Å². The minimum Gasteiger partial charge on any atom is -0.748 e. The molecule has 0 aromatic heterocycles. The minimum absolute atomic E-state index is 0.332. The third-order valence-corrected chi connectivity index (χ3v) is 9.79. The Bertz CT molecular complexity index is 830. The fraction of sp³-hybridized carbons (Fsp3) is 0.143. The monoisotopic (exact) mass is 384 g/mol. The van der Waals surface area contributed by atoms with Gasteiger partial charge in [-0.25, -0.2) is 8.42 Å². The van der Waals surface area contributed by atoms with Crippen LogP contribution in [0.5, 0.6) is 0 Å². The lowest BCUT2D eigenvalue weighted by atomic mass is 10.4. The van der Waals surface area contributed by atoms with Crippen molar-refractivity contribution in [3.63, 3.8) is 0 Å². The molecule has 3 rings (SSSR count). The van der Waals surface area contributed by atoms with Crippen molar-refractivity contribution in [2.45, 2.75) is 6.42 Å². The molecule has 0 saturated heterocycles. The van der Waals surface area contributed by atoms with Crippen molar-refractivity contribution >= 4 is 33.3 Å². The number of hydrogen-bond donors (Lipinski definition) is 0. The fourth-order valence-electron chi connectivity index (χ4n) is 3.36. The molecule has 0 radical (unpaired) electrons. The number of rotatable bonds is 7. The van der Waals surface area contributed by atoms with Crippen LogP contribution in [0.3, 0.4) is 0 Å². The first-order chi connectivity index (χ1) is 12.5. The maximum absolute atomic E-state index is 11.2. The summed E-state index contributed by atoms with van der Waals surface area (Å²) in [6.07, 6.45) is 0.991. The summed E-state index contributed by atoms with van der Waals surface area (Å²) in [6.45, 7) is 0. The molecule has 134 valence electrons. The van der Waals surface area contributed by atoms with Gasteiger partial charge < -0.3 is 4.55 Å².